The SMILES string of the molecule is [2H]Cc1noc([C@@]23CNCC2C3)n1. The van der Waals surface area contributed by atoms with Crippen molar-refractivity contribution in [1.29, 1.82) is 0 Å². The number of rotatable bonds is 1. The number of piperidine rings is 1. The molecular weight excluding hydrogens is 154 g/mol. The summed E-state index contributed by atoms with van der Waals surface area (Å²) in [5, 5.41) is 7.06. The van der Waals surface area contributed by atoms with Crippen molar-refractivity contribution < 1.29 is 5.89 Å². The van der Waals surface area contributed by atoms with Crippen molar-refractivity contribution >= 4 is 0 Å². The van der Waals surface area contributed by atoms with Crippen LogP contribution in [0.2, 0.25) is 0 Å². The van der Waals surface area contributed by atoms with Crippen LogP contribution in [0.3, 0.4) is 0 Å². The van der Waals surface area contributed by atoms with Gasteiger partial charge in [0.2, 0.25) is 5.89 Å². The minimum absolute atomic E-state index is 0.109. The highest BCUT2D eigenvalue weighted by Gasteiger charge is 2.62. The van der Waals surface area contributed by atoms with Crippen molar-refractivity contribution in [3.05, 3.63) is 11.7 Å². The van der Waals surface area contributed by atoms with E-state index >= 15 is 0 Å². The Balaban J connectivity index is 1.92. The van der Waals surface area contributed by atoms with Crippen LogP contribution in [-0.4, -0.2) is 23.2 Å². The van der Waals surface area contributed by atoms with Crippen molar-refractivity contribution in [1.82, 2.24) is 15.5 Å². The first kappa shape index (κ1) is 5.70. The molecule has 3 rings (SSSR count). The third-order valence-electron chi connectivity index (χ3n) is 2.96. The van der Waals surface area contributed by atoms with Crippen LogP contribution in [0.15, 0.2) is 4.52 Å². The van der Waals surface area contributed by atoms with Gasteiger partial charge in [0.1, 0.15) is 0 Å². The summed E-state index contributed by atoms with van der Waals surface area (Å²) in [6.45, 7) is 2.13. The lowest BCUT2D eigenvalue weighted by atomic mass is 10.1. The van der Waals surface area contributed by atoms with Gasteiger partial charge in [-0.15, -0.1) is 0 Å². The van der Waals surface area contributed by atoms with E-state index in [-0.39, 0.29) is 12.3 Å². The van der Waals surface area contributed by atoms with Crippen LogP contribution in [0, 0.1) is 12.8 Å². The number of nitrogens with one attached hydrogen (secondary N) is 1. The van der Waals surface area contributed by atoms with Crippen LogP contribution in [-0.2, 0) is 5.41 Å². The molecular formula is C8H11N3O. The molecule has 0 spiro atoms. The maximum atomic E-state index is 7.10. The summed E-state index contributed by atoms with van der Waals surface area (Å²) in [6, 6.07) is 0. The molecule has 1 aliphatic heterocycles. The van der Waals surface area contributed by atoms with Gasteiger partial charge >= 0.3 is 0 Å². The first-order valence-corrected chi connectivity index (χ1v) is 4.18. The minimum Gasteiger partial charge on any atom is -0.339 e. The average Bonchev–Trinajstić information content (AvgIpc) is 2.60. The first-order valence-electron chi connectivity index (χ1n) is 4.89. The van der Waals surface area contributed by atoms with E-state index in [1.54, 1.807) is 0 Å². The molecule has 12 heavy (non-hydrogen) atoms. The average molecular weight is 166 g/mol. The largest absolute Gasteiger partial charge is 0.339 e. The molecule has 1 unspecified atom stereocenters. The van der Waals surface area contributed by atoms with E-state index in [0.717, 1.165) is 19.0 Å². The first-order chi connectivity index (χ1) is 6.35. The molecule has 2 fully saturated rings. The predicted molar refractivity (Wildman–Crippen MR) is 41.7 cm³/mol. The molecule has 1 N–H and O–H groups in total. The Labute approximate surface area is 71.7 Å². The Morgan fingerprint density at radius 1 is 1.83 bits per heavy atom. The molecule has 2 heterocycles. The maximum absolute atomic E-state index is 7.10. The van der Waals surface area contributed by atoms with E-state index in [0.29, 0.717) is 11.7 Å². The van der Waals surface area contributed by atoms with Gasteiger partial charge in [-0.05, 0) is 25.8 Å². The molecule has 0 bridgehead atoms. The molecule has 2 aliphatic rings. The summed E-state index contributed by atoms with van der Waals surface area (Å²) in [6.07, 6.45) is 1.17. The Morgan fingerprint density at radius 2 is 2.83 bits per heavy atom. The third-order valence-corrected chi connectivity index (χ3v) is 2.96. The van der Waals surface area contributed by atoms with Gasteiger partial charge in [0.15, 0.2) is 5.82 Å². The lowest BCUT2D eigenvalue weighted by Crippen LogP contribution is -2.19. The van der Waals surface area contributed by atoms with Crippen molar-refractivity contribution in [2.45, 2.75) is 18.7 Å². The number of fused-ring (bicyclic) bond motifs is 1. The smallest absolute Gasteiger partial charge is 0.234 e. The number of aromatic nitrogens is 2. The summed E-state index contributed by atoms with van der Waals surface area (Å²) in [7, 11) is 0. The molecule has 1 aliphatic carbocycles. The van der Waals surface area contributed by atoms with Gasteiger partial charge < -0.3 is 9.84 Å². The molecule has 1 saturated carbocycles. The summed E-state index contributed by atoms with van der Waals surface area (Å²) < 4.78 is 12.3. The molecule has 0 aromatic carbocycles. The Kier molecular flexibility index (Phi) is 0.892. The minimum atomic E-state index is 0.109. The number of aryl methyl sites for hydroxylation is 1. The fourth-order valence-corrected chi connectivity index (χ4v) is 2.13. The van der Waals surface area contributed by atoms with Crippen molar-refractivity contribution in [3.8, 4) is 0 Å². The van der Waals surface area contributed by atoms with E-state index in [2.05, 4.69) is 15.5 Å². The van der Waals surface area contributed by atoms with Crippen LogP contribution in [0.5, 0.6) is 0 Å². The predicted octanol–water partition coefficient (Wildman–Crippen LogP) is 0.239. The van der Waals surface area contributed by atoms with Gasteiger partial charge in [-0.2, -0.15) is 4.98 Å². The molecule has 1 aromatic heterocycles. The zero-order valence-corrected chi connectivity index (χ0v) is 6.71. The van der Waals surface area contributed by atoms with Crippen molar-refractivity contribution in [3.63, 3.8) is 0 Å². The monoisotopic (exact) mass is 166 g/mol. The number of hydrogen-bond donors (Lipinski definition) is 1. The maximum Gasteiger partial charge on any atom is 0.234 e. The molecule has 0 amide bonds. The summed E-state index contributed by atoms with van der Waals surface area (Å²) in [5.41, 5.74) is 0.139. The lowest BCUT2D eigenvalue weighted by molar-refractivity contribution is 0.343. The van der Waals surface area contributed by atoms with Crippen LogP contribution in [0.1, 0.15) is 19.5 Å². The van der Waals surface area contributed by atoms with Crippen molar-refractivity contribution in [2.24, 2.45) is 5.92 Å². The Morgan fingerprint density at radius 3 is 3.42 bits per heavy atom. The Hall–Kier alpha value is -0.900. The van der Waals surface area contributed by atoms with Gasteiger partial charge in [-0.3, -0.25) is 0 Å². The van der Waals surface area contributed by atoms with E-state index in [4.69, 9.17) is 5.89 Å². The zero-order chi connectivity index (χ0) is 8.89. The zero-order valence-electron chi connectivity index (χ0n) is 7.71. The fourth-order valence-electron chi connectivity index (χ4n) is 2.13. The molecule has 64 valence electrons. The summed E-state index contributed by atoms with van der Waals surface area (Å²) >= 11 is 0. The van der Waals surface area contributed by atoms with Crippen LogP contribution >= 0.6 is 0 Å². The molecule has 2 atom stereocenters. The van der Waals surface area contributed by atoms with E-state index in [9.17, 15) is 0 Å². The Bertz CT molecular complexity index is 340. The third kappa shape index (κ3) is 0.659. The van der Waals surface area contributed by atoms with Crippen molar-refractivity contribution in [2.75, 3.05) is 13.1 Å². The highest BCUT2D eigenvalue weighted by Crippen LogP contribution is 2.55. The van der Waals surface area contributed by atoms with Gasteiger partial charge in [-0.25, -0.2) is 0 Å². The molecule has 1 aromatic rings. The van der Waals surface area contributed by atoms with E-state index in [1.807, 2.05) is 0 Å². The second kappa shape index (κ2) is 1.88. The van der Waals surface area contributed by atoms with Gasteiger partial charge in [0, 0.05) is 7.92 Å². The molecule has 4 nitrogen and oxygen atoms in total. The molecule has 4 heteroatoms. The van der Waals surface area contributed by atoms with Gasteiger partial charge in [-0.1, -0.05) is 5.16 Å². The fraction of sp³-hybridized carbons (Fsp3) is 0.750. The quantitative estimate of drug-likeness (QED) is 0.649. The topological polar surface area (TPSA) is 51.0 Å². The lowest BCUT2D eigenvalue weighted by Gasteiger charge is -2.02. The van der Waals surface area contributed by atoms with Gasteiger partial charge in [0.05, 0.1) is 5.41 Å². The normalized spacial score (nSPS) is 39.3. The second-order valence-corrected chi connectivity index (χ2v) is 3.70. The second-order valence-electron chi connectivity index (χ2n) is 3.70. The van der Waals surface area contributed by atoms with Crippen LogP contribution in [0.25, 0.3) is 0 Å². The molecule has 0 radical (unpaired) electrons. The van der Waals surface area contributed by atoms with Crippen LogP contribution in [0.4, 0.5) is 0 Å². The highest BCUT2D eigenvalue weighted by molar-refractivity contribution is 5.25. The highest BCUT2D eigenvalue weighted by atomic mass is 16.5. The van der Waals surface area contributed by atoms with E-state index < -0.39 is 0 Å². The summed E-state index contributed by atoms with van der Waals surface area (Å²) in [5.74, 6) is 1.93. The standard InChI is InChI=1S/C8H11N3O/c1-5-10-7(12-11-5)8-2-6(8)3-9-4-8/h6,9H,2-4H2,1H3/t6?,8-/m0/s1/i1D. The van der Waals surface area contributed by atoms with Gasteiger partial charge in [0.25, 0.3) is 0 Å². The summed E-state index contributed by atoms with van der Waals surface area (Å²) in [4.78, 5) is 4.22. The molecule has 1 saturated heterocycles. The number of nitrogens with zero attached hydrogens (tertiary/aromatic N) is 2. The van der Waals surface area contributed by atoms with E-state index in [1.165, 1.54) is 6.42 Å². The van der Waals surface area contributed by atoms with Crippen LogP contribution < -0.4 is 5.32 Å². The number of hydrogen-bond acceptors (Lipinski definition) is 4.